The summed E-state index contributed by atoms with van der Waals surface area (Å²) in [6, 6.07) is 6.71. The average molecular weight is 306 g/mol. The first-order valence-electron chi connectivity index (χ1n) is 6.67. The fourth-order valence-corrected chi connectivity index (χ4v) is 2.70. The molecular formula is C14H18N4O2S. The summed E-state index contributed by atoms with van der Waals surface area (Å²) in [6.07, 6.45) is 3.85. The van der Waals surface area contributed by atoms with Crippen molar-refractivity contribution >= 4 is 21.7 Å². The van der Waals surface area contributed by atoms with Gasteiger partial charge in [0.2, 0.25) is 0 Å². The van der Waals surface area contributed by atoms with Gasteiger partial charge in [-0.15, -0.1) is 0 Å². The van der Waals surface area contributed by atoms with E-state index in [2.05, 4.69) is 20.0 Å². The molecule has 2 heterocycles. The summed E-state index contributed by atoms with van der Waals surface area (Å²) in [5, 5.41) is 3.09. The molecular weight excluding hydrogens is 288 g/mol. The van der Waals surface area contributed by atoms with E-state index in [-0.39, 0.29) is 4.90 Å². The second-order valence-electron chi connectivity index (χ2n) is 4.58. The zero-order chi connectivity index (χ0) is 15.3. The Morgan fingerprint density at radius 3 is 2.62 bits per heavy atom. The number of nitrogens with zero attached hydrogens (tertiary/aromatic N) is 2. The van der Waals surface area contributed by atoms with Gasteiger partial charge in [-0.25, -0.2) is 18.4 Å². The minimum absolute atomic E-state index is 0.106. The van der Waals surface area contributed by atoms with Crippen molar-refractivity contribution in [3.8, 4) is 0 Å². The maximum absolute atomic E-state index is 12.3. The Balaban J connectivity index is 2.18. The molecule has 0 aromatic carbocycles. The molecule has 0 radical (unpaired) electrons. The predicted molar refractivity (Wildman–Crippen MR) is 82.8 cm³/mol. The van der Waals surface area contributed by atoms with Crippen molar-refractivity contribution in [3.63, 3.8) is 0 Å². The molecule has 2 N–H and O–H groups in total. The minimum Gasteiger partial charge on any atom is -0.370 e. The highest BCUT2D eigenvalue weighted by Crippen LogP contribution is 2.17. The third-order valence-electron chi connectivity index (χ3n) is 2.84. The van der Waals surface area contributed by atoms with E-state index in [1.165, 1.54) is 12.3 Å². The number of sulfonamides is 1. The summed E-state index contributed by atoms with van der Waals surface area (Å²) in [5.41, 5.74) is 0.760. The van der Waals surface area contributed by atoms with Crippen molar-refractivity contribution < 1.29 is 8.42 Å². The van der Waals surface area contributed by atoms with E-state index in [4.69, 9.17) is 0 Å². The number of pyridine rings is 2. The van der Waals surface area contributed by atoms with Crippen LogP contribution in [0.2, 0.25) is 0 Å². The van der Waals surface area contributed by atoms with Crippen LogP contribution < -0.4 is 10.0 Å². The van der Waals surface area contributed by atoms with Crippen LogP contribution >= 0.6 is 0 Å². The predicted octanol–water partition coefficient (Wildman–Crippen LogP) is 2.41. The van der Waals surface area contributed by atoms with Gasteiger partial charge in [0, 0.05) is 18.9 Å². The highest BCUT2D eigenvalue weighted by Gasteiger charge is 2.16. The number of hydrogen-bond acceptors (Lipinski definition) is 5. The second kappa shape index (κ2) is 6.53. The fraction of sp³-hybridized carbons (Fsp3) is 0.286. The Morgan fingerprint density at radius 1 is 1.19 bits per heavy atom. The van der Waals surface area contributed by atoms with E-state index < -0.39 is 10.0 Å². The molecule has 0 atom stereocenters. The maximum Gasteiger partial charge on any atom is 0.264 e. The Kier molecular flexibility index (Phi) is 4.74. The molecule has 0 unspecified atom stereocenters. The van der Waals surface area contributed by atoms with Gasteiger partial charge in [0.15, 0.2) is 0 Å². The summed E-state index contributed by atoms with van der Waals surface area (Å²) in [5.74, 6) is 0.982. The molecule has 21 heavy (non-hydrogen) atoms. The standard InChI is InChI=1S/C14H18N4O2S/c1-3-8-15-13-7-6-12(10-17-13)21(19,20)18-14-11(2)5-4-9-16-14/h4-7,9-10H,3,8H2,1-2H3,(H,15,17)(H,16,18). The second-order valence-corrected chi connectivity index (χ2v) is 6.26. The van der Waals surface area contributed by atoms with Crippen LogP contribution in [0.3, 0.4) is 0 Å². The molecule has 2 aromatic rings. The van der Waals surface area contributed by atoms with Crippen LogP contribution in [0.25, 0.3) is 0 Å². The van der Waals surface area contributed by atoms with Crippen LogP contribution in [0.5, 0.6) is 0 Å². The van der Waals surface area contributed by atoms with E-state index in [1.54, 1.807) is 31.3 Å². The van der Waals surface area contributed by atoms with Crippen molar-refractivity contribution in [1.82, 2.24) is 9.97 Å². The molecule has 0 aliphatic rings. The average Bonchev–Trinajstić information content (AvgIpc) is 2.48. The molecule has 6 nitrogen and oxygen atoms in total. The molecule has 0 amide bonds. The number of rotatable bonds is 6. The van der Waals surface area contributed by atoms with Gasteiger partial charge in [0.05, 0.1) is 0 Å². The van der Waals surface area contributed by atoms with Gasteiger partial charge in [0.1, 0.15) is 16.5 Å². The molecule has 112 valence electrons. The third-order valence-corrected chi connectivity index (χ3v) is 4.17. The van der Waals surface area contributed by atoms with Gasteiger partial charge in [-0.05, 0) is 37.1 Å². The Labute approximate surface area is 124 Å². The van der Waals surface area contributed by atoms with Gasteiger partial charge in [0.25, 0.3) is 10.0 Å². The van der Waals surface area contributed by atoms with E-state index in [0.717, 1.165) is 18.5 Å². The van der Waals surface area contributed by atoms with Gasteiger partial charge in [-0.2, -0.15) is 0 Å². The van der Waals surface area contributed by atoms with E-state index >= 15 is 0 Å². The van der Waals surface area contributed by atoms with Crippen molar-refractivity contribution in [1.29, 1.82) is 0 Å². The number of aryl methyl sites for hydroxylation is 1. The van der Waals surface area contributed by atoms with Crippen molar-refractivity contribution in [2.45, 2.75) is 25.2 Å². The monoisotopic (exact) mass is 306 g/mol. The van der Waals surface area contributed by atoms with E-state index in [1.807, 2.05) is 6.92 Å². The lowest BCUT2D eigenvalue weighted by atomic mass is 10.3. The van der Waals surface area contributed by atoms with Crippen molar-refractivity contribution in [2.24, 2.45) is 0 Å². The normalized spacial score (nSPS) is 11.1. The van der Waals surface area contributed by atoms with Crippen LogP contribution in [0.4, 0.5) is 11.6 Å². The number of nitrogens with one attached hydrogen (secondary N) is 2. The third kappa shape index (κ3) is 3.91. The lowest BCUT2D eigenvalue weighted by molar-refractivity contribution is 0.600. The quantitative estimate of drug-likeness (QED) is 0.856. The Bertz CT molecular complexity index is 699. The number of anilines is 2. The van der Waals surface area contributed by atoms with Crippen molar-refractivity contribution in [2.75, 3.05) is 16.6 Å². The van der Waals surface area contributed by atoms with Crippen LogP contribution in [0, 0.1) is 6.92 Å². The van der Waals surface area contributed by atoms with Crippen LogP contribution in [-0.4, -0.2) is 24.9 Å². The molecule has 2 rings (SSSR count). The summed E-state index contributed by atoms with van der Waals surface area (Å²) in [7, 11) is -3.68. The first kappa shape index (κ1) is 15.2. The van der Waals surface area contributed by atoms with Crippen molar-refractivity contribution in [3.05, 3.63) is 42.2 Å². The summed E-state index contributed by atoms with van der Waals surface area (Å²) >= 11 is 0. The molecule has 0 saturated heterocycles. The topological polar surface area (TPSA) is 84.0 Å². The van der Waals surface area contributed by atoms with Gasteiger partial charge < -0.3 is 5.32 Å². The van der Waals surface area contributed by atoms with Crippen LogP contribution in [0.15, 0.2) is 41.6 Å². The largest absolute Gasteiger partial charge is 0.370 e. The zero-order valence-corrected chi connectivity index (χ0v) is 12.8. The van der Waals surface area contributed by atoms with Gasteiger partial charge >= 0.3 is 0 Å². The Hall–Kier alpha value is -2.15. The zero-order valence-electron chi connectivity index (χ0n) is 12.0. The first-order valence-corrected chi connectivity index (χ1v) is 8.15. The van der Waals surface area contributed by atoms with Crippen LogP contribution in [-0.2, 0) is 10.0 Å². The van der Waals surface area contributed by atoms with Crippen LogP contribution in [0.1, 0.15) is 18.9 Å². The minimum atomic E-state index is -3.68. The SMILES string of the molecule is CCCNc1ccc(S(=O)(=O)Nc2ncccc2C)cn1. The maximum atomic E-state index is 12.3. The molecule has 0 fully saturated rings. The first-order chi connectivity index (χ1) is 10.0. The van der Waals surface area contributed by atoms with E-state index in [0.29, 0.717) is 11.6 Å². The fourth-order valence-electron chi connectivity index (χ4n) is 1.68. The smallest absolute Gasteiger partial charge is 0.264 e. The molecule has 7 heteroatoms. The van der Waals surface area contributed by atoms with E-state index in [9.17, 15) is 8.42 Å². The lowest BCUT2D eigenvalue weighted by Gasteiger charge is -2.09. The molecule has 0 aliphatic carbocycles. The highest BCUT2D eigenvalue weighted by atomic mass is 32.2. The molecule has 0 saturated carbocycles. The number of hydrogen-bond donors (Lipinski definition) is 2. The Morgan fingerprint density at radius 2 is 2.00 bits per heavy atom. The molecule has 0 spiro atoms. The summed E-state index contributed by atoms with van der Waals surface area (Å²) < 4.78 is 27.0. The highest BCUT2D eigenvalue weighted by molar-refractivity contribution is 7.92. The van der Waals surface area contributed by atoms with Gasteiger partial charge in [-0.1, -0.05) is 13.0 Å². The lowest BCUT2D eigenvalue weighted by Crippen LogP contribution is -2.15. The molecule has 2 aromatic heterocycles. The van der Waals surface area contributed by atoms with Gasteiger partial charge in [-0.3, -0.25) is 4.72 Å². The number of aromatic nitrogens is 2. The molecule has 0 aliphatic heterocycles. The summed E-state index contributed by atoms with van der Waals surface area (Å²) in [6.45, 7) is 4.64. The molecule has 0 bridgehead atoms. The summed E-state index contributed by atoms with van der Waals surface area (Å²) in [4.78, 5) is 8.23.